The maximum Gasteiger partial charge on any atom is 0.121 e. The van der Waals surface area contributed by atoms with E-state index in [1.807, 2.05) is 0 Å². The summed E-state index contributed by atoms with van der Waals surface area (Å²) in [6.45, 7) is -1.10. The lowest BCUT2D eigenvalue weighted by Gasteiger charge is -2.40. The molecule has 8 N–H and O–H groups in total. The molecule has 2 aliphatic heterocycles. The lowest BCUT2D eigenvalue weighted by molar-refractivity contribution is -0.231. The van der Waals surface area contributed by atoms with Crippen molar-refractivity contribution in [2.45, 2.75) is 61.0 Å². The van der Waals surface area contributed by atoms with Crippen LogP contribution in [0.5, 0.6) is 0 Å². The van der Waals surface area contributed by atoms with Crippen LogP contribution in [0.25, 0.3) is 0 Å². The first-order valence-electron chi connectivity index (χ1n) is 8.50. The van der Waals surface area contributed by atoms with Crippen molar-refractivity contribution in [1.82, 2.24) is 0 Å². The molecule has 2 aliphatic rings. The minimum atomic E-state index is -1.52. The Morgan fingerprint density at radius 1 is 0.630 bits per heavy atom. The van der Waals surface area contributed by atoms with E-state index in [2.05, 4.69) is 0 Å². The Bertz CT molecular complexity index is 572. The molecule has 2 saturated heterocycles. The Morgan fingerprint density at radius 2 is 1.00 bits per heavy atom. The van der Waals surface area contributed by atoms with Crippen molar-refractivity contribution in [2.24, 2.45) is 0 Å². The first kappa shape index (κ1) is 21.0. The molecule has 10 atom stereocenters. The third-order valence-electron chi connectivity index (χ3n) is 4.99. The molecule has 1 aromatic heterocycles. The summed E-state index contributed by atoms with van der Waals surface area (Å²) in [5, 5.41) is 78.5. The molecule has 2 fully saturated rings. The first-order chi connectivity index (χ1) is 12.8. The average molecular weight is 408 g/mol. The molecule has 0 spiro atoms. The van der Waals surface area contributed by atoms with Crippen LogP contribution < -0.4 is 0 Å². The zero-order valence-corrected chi connectivity index (χ0v) is 15.0. The highest BCUT2D eigenvalue weighted by molar-refractivity contribution is 7.12. The lowest BCUT2D eigenvalue weighted by atomic mass is 9.94. The number of ether oxygens (including phenoxy) is 2. The molecule has 0 bridgehead atoms. The minimum Gasteiger partial charge on any atom is -0.394 e. The highest BCUT2D eigenvalue weighted by Crippen LogP contribution is 2.40. The first-order valence-corrected chi connectivity index (χ1v) is 9.32. The van der Waals surface area contributed by atoms with Crippen molar-refractivity contribution in [2.75, 3.05) is 13.2 Å². The van der Waals surface area contributed by atoms with Gasteiger partial charge in [-0.25, -0.2) is 0 Å². The summed E-state index contributed by atoms with van der Waals surface area (Å²) in [6, 6.07) is 3.13. The Labute approximate surface area is 158 Å². The van der Waals surface area contributed by atoms with Crippen molar-refractivity contribution in [3.8, 4) is 0 Å². The number of thiophene rings is 1. The second-order valence-corrected chi connectivity index (χ2v) is 7.89. The van der Waals surface area contributed by atoms with Gasteiger partial charge in [-0.15, -0.1) is 11.3 Å². The van der Waals surface area contributed by atoms with Crippen LogP contribution in [-0.2, 0) is 9.47 Å². The fraction of sp³-hybridized carbons (Fsp3) is 0.750. The van der Waals surface area contributed by atoms with Crippen LogP contribution in [0.2, 0.25) is 0 Å². The molecule has 3 heterocycles. The van der Waals surface area contributed by atoms with Crippen molar-refractivity contribution in [3.05, 3.63) is 21.9 Å². The Balaban J connectivity index is 1.82. The van der Waals surface area contributed by atoms with Gasteiger partial charge in [0.1, 0.15) is 61.0 Å². The van der Waals surface area contributed by atoms with Gasteiger partial charge in [0.05, 0.1) is 13.2 Å². The van der Waals surface area contributed by atoms with Gasteiger partial charge in [-0.3, -0.25) is 0 Å². The van der Waals surface area contributed by atoms with E-state index >= 15 is 0 Å². The SMILES string of the molecule is OC[C@H]1O[C@H](c2ccc([C@@H]3O[C@H](CO)[C@@H](O)[C@H](O)[C@@H]3O)s2)[C@@H](O)[C@@H](O)[C@@H]1O. The smallest absolute Gasteiger partial charge is 0.121 e. The van der Waals surface area contributed by atoms with E-state index < -0.39 is 74.3 Å². The topological polar surface area (TPSA) is 180 Å². The molecule has 27 heavy (non-hydrogen) atoms. The molecule has 1 aromatic rings. The lowest BCUT2D eigenvalue weighted by Crippen LogP contribution is -2.55. The van der Waals surface area contributed by atoms with Gasteiger partial charge in [0, 0.05) is 9.75 Å². The van der Waals surface area contributed by atoms with E-state index in [4.69, 9.17) is 9.47 Å². The maximum atomic E-state index is 10.2. The number of aliphatic hydroxyl groups excluding tert-OH is 8. The molecular weight excluding hydrogens is 384 g/mol. The molecule has 3 rings (SSSR count). The molecule has 0 saturated carbocycles. The Kier molecular flexibility index (Phi) is 6.50. The van der Waals surface area contributed by atoms with Gasteiger partial charge >= 0.3 is 0 Å². The second-order valence-electron chi connectivity index (χ2n) is 6.74. The van der Waals surface area contributed by atoms with Crippen molar-refractivity contribution in [3.63, 3.8) is 0 Å². The summed E-state index contributed by atoms with van der Waals surface area (Å²) >= 11 is 1.07. The van der Waals surface area contributed by atoms with E-state index in [0.29, 0.717) is 9.75 Å². The van der Waals surface area contributed by atoms with Gasteiger partial charge in [0.15, 0.2) is 0 Å². The number of aliphatic hydroxyl groups is 8. The largest absolute Gasteiger partial charge is 0.394 e. The van der Waals surface area contributed by atoms with Crippen LogP contribution in [0.3, 0.4) is 0 Å². The zero-order valence-electron chi connectivity index (χ0n) is 14.1. The average Bonchev–Trinajstić information content (AvgIpc) is 3.14. The summed E-state index contributed by atoms with van der Waals surface area (Å²) < 4.78 is 11.0. The number of hydrogen-bond acceptors (Lipinski definition) is 11. The highest BCUT2D eigenvalue weighted by atomic mass is 32.1. The van der Waals surface area contributed by atoms with Crippen molar-refractivity contribution < 1.29 is 50.3 Å². The standard InChI is InChI=1S/C16H24O10S/c17-3-5-9(19)11(21)13(23)15(25-5)7-1-2-8(27-7)16-14(24)12(22)10(20)6(4-18)26-16/h1-2,5-6,9-24H,3-4H2/t5-,6-,9-,10-,11+,12+,13+,14+,15-,16+/m1/s1. The molecule has 0 unspecified atom stereocenters. The van der Waals surface area contributed by atoms with Gasteiger partial charge in [0.2, 0.25) is 0 Å². The zero-order chi connectivity index (χ0) is 19.9. The normalized spacial score (nSPS) is 45.8. The summed E-state index contributed by atoms with van der Waals surface area (Å²) in [5.74, 6) is 0. The summed E-state index contributed by atoms with van der Waals surface area (Å²) in [7, 11) is 0. The van der Waals surface area contributed by atoms with Gasteiger partial charge in [0.25, 0.3) is 0 Å². The van der Waals surface area contributed by atoms with Gasteiger partial charge in [-0.2, -0.15) is 0 Å². The third-order valence-corrected chi connectivity index (χ3v) is 6.20. The van der Waals surface area contributed by atoms with Crippen LogP contribution in [0.15, 0.2) is 12.1 Å². The molecule has 154 valence electrons. The fourth-order valence-electron chi connectivity index (χ4n) is 3.35. The van der Waals surface area contributed by atoms with Gasteiger partial charge < -0.3 is 50.3 Å². The molecule has 0 aromatic carbocycles. The van der Waals surface area contributed by atoms with Crippen molar-refractivity contribution >= 4 is 11.3 Å². The monoisotopic (exact) mass is 408 g/mol. The third kappa shape index (κ3) is 3.78. The summed E-state index contributed by atoms with van der Waals surface area (Å²) in [4.78, 5) is 0.887. The molecule has 0 radical (unpaired) electrons. The minimum absolute atomic E-state index is 0.443. The summed E-state index contributed by atoms with van der Waals surface area (Å²) in [6.07, 6.45) is -13.0. The Hall–Kier alpha value is -0.700. The van der Waals surface area contributed by atoms with Crippen molar-refractivity contribution in [1.29, 1.82) is 0 Å². The van der Waals surface area contributed by atoms with E-state index in [1.165, 1.54) is 0 Å². The summed E-state index contributed by atoms with van der Waals surface area (Å²) in [5.41, 5.74) is 0. The van der Waals surface area contributed by atoms with E-state index in [9.17, 15) is 40.9 Å². The van der Waals surface area contributed by atoms with Crippen LogP contribution >= 0.6 is 11.3 Å². The van der Waals surface area contributed by atoms with E-state index in [-0.39, 0.29) is 0 Å². The fourth-order valence-corrected chi connectivity index (χ4v) is 4.51. The van der Waals surface area contributed by atoms with E-state index in [0.717, 1.165) is 11.3 Å². The molecular formula is C16H24O10S. The van der Waals surface area contributed by atoms with Gasteiger partial charge in [-0.1, -0.05) is 0 Å². The van der Waals surface area contributed by atoms with E-state index in [1.54, 1.807) is 12.1 Å². The van der Waals surface area contributed by atoms with Crippen LogP contribution in [-0.4, -0.2) is 103 Å². The molecule has 0 amide bonds. The highest BCUT2D eigenvalue weighted by Gasteiger charge is 2.46. The van der Waals surface area contributed by atoms with Crippen LogP contribution in [0.1, 0.15) is 22.0 Å². The van der Waals surface area contributed by atoms with Crippen LogP contribution in [0.4, 0.5) is 0 Å². The quantitative estimate of drug-likeness (QED) is 0.252. The second kappa shape index (κ2) is 8.35. The number of hydrogen-bond donors (Lipinski definition) is 8. The van der Waals surface area contributed by atoms with Crippen LogP contribution in [0, 0.1) is 0 Å². The maximum absolute atomic E-state index is 10.2. The molecule has 10 nitrogen and oxygen atoms in total. The predicted octanol–water partition coefficient (Wildman–Crippen LogP) is -3.22. The predicted molar refractivity (Wildman–Crippen MR) is 89.8 cm³/mol. The number of rotatable bonds is 4. The molecule has 0 aliphatic carbocycles. The molecule has 11 heteroatoms. The van der Waals surface area contributed by atoms with Gasteiger partial charge in [-0.05, 0) is 12.1 Å². The Morgan fingerprint density at radius 3 is 1.33 bits per heavy atom.